The van der Waals surface area contributed by atoms with Gasteiger partial charge in [0.15, 0.2) is 0 Å². The molecule has 1 N–H and O–H groups in total. The van der Waals surface area contributed by atoms with Crippen molar-refractivity contribution in [3.05, 3.63) is 0 Å². The Morgan fingerprint density at radius 2 is 1.83 bits per heavy atom. The monoisotopic (exact) mass is 266 g/mol. The minimum atomic E-state index is -4.01. The zero-order chi connectivity index (χ0) is 13.4. The molecule has 0 aromatic rings. The Bertz CT molecular complexity index is 213. The van der Waals surface area contributed by atoms with E-state index < -0.39 is 12.6 Å². The normalized spacial score (nSPS) is 18.5. The van der Waals surface area contributed by atoms with E-state index in [2.05, 4.69) is 17.1 Å². The third-order valence-electron chi connectivity index (χ3n) is 3.45. The van der Waals surface area contributed by atoms with E-state index in [0.29, 0.717) is 12.5 Å². The van der Waals surface area contributed by atoms with Crippen LogP contribution in [-0.2, 0) is 0 Å². The van der Waals surface area contributed by atoms with Crippen LogP contribution in [0, 0.1) is 5.92 Å². The summed E-state index contributed by atoms with van der Waals surface area (Å²) in [7, 11) is 0. The standard InChI is InChI=1S/C13H25F3N2/c1-2-9-18(10-3-6-13(14,15)16)11-12-4-7-17-8-5-12/h12,17H,2-11H2,1H3. The molecular weight excluding hydrogens is 241 g/mol. The smallest absolute Gasteiger partial charge is 0.317 e. The molecule has 0 aromatic carbocycles. The van der Waals surface area contributed by atoms with Crippen molar-refractivity contribution in [3.8, 4) is 0 Å². The van der Waals surface area contributed by atoms with Crippen LogP contribution in [0.4, 0.5) is 13.2 Å². The lowest BCUT2D eigenvalue weighted by Gasteiger charge is -2.30. The van der Waals surface area contributed by atoms with Crippen molar-refractivity contribution in [1.82, 2.24) is 10.2 Å². The summed E-state index contributed by atoms with van der Waals surface area (Å²) in [6.45, 7) is 6.64. The largest absolute Gasteiger partial charge is 0.389 e. The number of nitrogens with one attached hydrogen (secondary N) is 1. The fourth-order valence-electron chi connectivity index (χ4n) is 2.54. The Morgan fingerprint density at radius 1 is 1.17 bits per heavy atom. The summed E-state index contributed by atoms with van der Waals surface area (Å²) in [4.78, 5) is 2.21. The molecule has 0 aromatic heterocycles. The highest BCUT2D eigenvalue weighted by Crippen LogP contribution is 2.22. The summed E-state index contributed by atoms with van der Waals surface area (Å²) < 4.78 is 36.4. The average molecular weight is 266 g/mol. The summed E-state index contributed by atoms with van der Waals surface area (Å²) in [5.74, 6) is 0.656. The second kappa shape index (κ2) is 8.00. The van der Waals surface area contributed by atoms with Crippen LogP contribution in [0.5, 0.6) is 0 Å². The molecule has 2 nitrogen and oxygen atoms in total. The van der Waals surface area contributed by atoms with Gasteiger partial charge in [0.2, 0.25) is 0 Å². The van der Waals surface area contributed by atoms with Gasteiger partial charge in [-0.25, -0.2) is 0 Å². The number of hydrogen-bond acceptors (Lipinski definition) is 2. The minimum absolute atomic E-state index is 0.231. The van der Waals surface area contributed by atoms with Gasteiger partial charge in [-0.3, -0.25) is 0 Å². The van der Waals surface area contributed by atoms with Crippen LogP contribution in [-0.4, -0.2) is 43.8 Å². The van der Waals surface area contributed by atoms with Gasteiger partial charge >= 0.3 is 6.18 Å². The zero-order valence-corrected chi connectivity index (χ0v) is 11.2. The lowest BCUT2D eigenvalue weighted by Crippen LogP contribution is -2.37. The number of halogens is 3. The Morgan fingerprint density at radius 3 is 2.39 bits per heavy atom. The van der Waals surface area contributed by atoms with Crippen molar-refractivity contribution in [1.29, 1.82) is 0 Å². The number of nitrogens with zero attached hydrogens (tertiary/aromatic N) is 1. The Kier molecular flexibility index (Phi) is 7.00. The molecule has 0 aliphatic carbocycles. The lowest BCUT2D eigenvalue weighted by molar-refractivity contribution is -0.136. The molecule has 1 saturated heterocycles. The number of alkyl halides is 3. The third kappa shape index (κ3) is 7.21. The van der Waals surface area contributed by atoms with Gasteiger partial charge in [0.05, 0.1) is 0 Å². The molecule has 0 radical (unpaired) electrons. The Hall–Kier alpha value is -0.290. The fraction of sp³-hybridized carbons (Fsp3) is 1.00. The molecule has 0 spiro atoms. The zero-order valence-electron chi connectivity index (χ0n) is 11.2. The molecule has 0 atom stereocenters. The molecule has 0 unspecified atom stereocenters. The molecule has 108 valence electrons. The topological polar surface area (TPSA) is 15.3 Å². The molecule has 1 heterocycles. The van der Waals surface area contributed by atoms with Crippen LogP contribution < -0.4 is 5.32 Å². The quantitative estimate of drug-likeness (QED) is 0.762. The number of hydrogen-bond donors (Lipinski definition) is 1. The van der Waals surface area contributed by atoms with Crippen LogP contribution >= 0.6 is 0 Å². The van der Waals surface area contributed by atoms with E-state index in [1.807, 2.05) is 0 Å². The highest BCUT2D eigenvalue weighted by atomic mass is 19.4. The molecule has 1 rings (SSSR count). The van der Waals surface area contributed by atoms with Gasteiger partial charge in [-0.15, -0.1) is 0 Å². The van der Waals surface area contributed by atoms with E-state index in [9.17, 15) is 13.2 Å². The Balaban J connectivity index is 2.25. The maximum atomic E-state index is 12.1. The highest BCUT2D eigenvalue weighted by molar-refractivity contribution is 4.72. The van der Waals surface area contributed by atoms with E-state index >= 15 is 0 Å². The minimum Gasteiger partial charge on any atom is -0.317 e. The van der Waals surface area contributed by atoms with Gasteiger partial charge in [0, 0.05) is 13.0 Å². The van der Waals surface area contributed by atoms with Gasteiger partial charge in [0.25, 0.3) is 0 Å². The molecule has 1 aliphatic rings. The summed E-state index contributed by atoms with van der Waals surface area (Å²) in [6, 6.07) is 0. The van der Waals surface area contributed by atoms with Gasteiger partial charge < -0.3 is 10.2 Å². The predicted octanol–water partition coefficient (Wildman–Crippen LogP) is 3.04. The molecule has 5 heteroatoms. The van der Waals surface area contributed by atoms with Crippen LogP contribution in [0.2, 0.25) is 0 Å². The van der Waals surface area contributed by atoms with E-state index in [-0.39, 0.29) is 6.42 Å². The van der Waals surface area contributed by atoms with Crippen LogP contribution in [0.25, 0.3) is 0 Å². The molecule has 18 heavy (non-hydrogen) atoms. The van der Waals surface area contributed by atoms with Crippen LogP contribution in [0.1, 0.15) is 39.0 Å². The van der Waals surface area contributed by atoms with Gasteiger partial charge in [-0.1, -0.05) is 6.92 Å². The molecule has 0 saturated carbocycles. The van der Waals surface area contributed by atoms with Crippen molar-refractivity contribution >= 4 is 0 Å². The first-order valence-corrected chi connectivity index (χ1v) is 7.01. The molecular formula is C13H25F3N2. The first kappa shape index (κ1) is 15.8. The molecule has 1 aliphatic heterocycles. The number of piperidine rings is 1. The second-order valence-corrected chi connectivity index (χ2v) is 5.21. The SMILES string of the molecule is CCCN(CCCC(F)(F)F)CC1CCNCC1. The van der Waals surface area contributed by atoms with Crippen molar-refractivity contribution in [2.75, 3.05) is 32.7 Å². The highest BCUT2D eigenvalue weighted by Gasteiger charge is 2.26. The van der Waals surface area contributed by atoms with Crippen molar-refractivity contribution in [2.45, 2.75) is 45.2 Å². The predicted molar refractivity (Wildman–Crippen MR) is 67.6 cm³/mol. The lowest BCUT2D eigenvalue weighted by atomic mass is 9.97. The second-order valence-electron chi connectivity index (χ2n) is 5.21. The van der Waals surface area contributed by atoms with Gasteiger partial charge in [-0.05, 0) is 57.8 Å². The van der Waals surface area contributed by atoms with Crippen LogP contribution in [0.3, 0.4) is 0 Å². The van der Waals surface area contributed by atoms with Crippen molar-refractivity contribution in [3.63, 3.8) is 0 Å². The third-order valence-corrected chi connectivity index (χ3v) is 3.45. The first-order chi connectivity index (χ1) is 8.51. The number of rotatable bonds is 7. The Labute approximate surface area is 108 Å². The van der Waals surface area contributed by atoms with Crippen LogP contribution in [0.15, 0.2) is 0 Å². The molecule has 0 amide bonds. The fourth-order valence-corrected chi connectivity index (χ4v) is 2.54. The van der Waals surface area contributed by atoms with E-state index in [0.717, 1.165) is 45.4 Å². The first-order valence-electron chi connectivity index (χ1n) is 7.01. The average Bonchev–Trinajstić information content (AvgIpc) is 2.29. The van der Waals surface area contributed by atoms with E-state index in [1.54, 1.807) is 0 Å². The van der Waals surface area contributed by atoms with E-state index in [1.165, 1.54) is 0 Å². The maximum Gasteiger partial charge on any atom is 0.389 e. The van der Waals surface area contributed by atoms with E-state index in [4.69, 9.17) is 0 Å². The molecule has 1 fully saturated rings. The van der Waals surface area contributed by atoms with Crippen molar-refractivity contribution < 1.29 is 13.2 Å². The van der Waals surface area contributed by atoms with Gasteiger partial charge in [-0.2, -0.15) is 13.2 Å². The summed E-state index contributed by atoms with van der Waals surface area (Å²) in [5.41, 5.74) is 0. The summed E-state index contributed by atoms with van der Waals surface area (Å²) in [5, 5.41) is 3.32. The molecule has 0 bridgehead atoms. The van der Waals surface area contributed by atoms with Gasteiger partial charge in [0.1, 0.15) is 0 Å². The summed E-state index contributed by atoms with van der Waals surface area (Å²) in [6.07, 6.45) is -1.11. The maximum absolute atomic E-state index is 12.1. The summed E-state index contributed by atoms with van der Waals surface area (Å²) >= 11 is 0. The van der Waals surface area contributed by atoms with Crippen molar-refractivity contribution in [2.24, 2.45) is 5.92 Å².